The van der Waals surface area contributed by atoms with Gasteiger partial charge in [0.25, 0.3) is 0 Å². The number of rotatable bonds is 7. The summed E-state index contributed by atoms with van der Waals surface area (Å²) in [5.74, 6) is 0.317. The Morgan fingerprint density at radius 3 is 2.56 bits per heavy atom. The van der Waals surface area contributed by atoms with Crippen LogP contribution >= 0.6 is 0 Å². The standard InChI is InChI=1S/C22H21F3N2O5/c23-22(24,25)12-30-11-15-3-1-14(2-4-15)9-26-21(29)16-7-20(28)27(10-16)17-5-6-18-19(8-17)32-13-31-18/h1-6,8,16H,7,9-13H2,(H,26,29)/t16-/m1/s1. The smallest absolute Gasteiger partial charge is 0.411 e. The molecule has 1 atom stereocenters. The molecule has 32 heavy (non-hydrogen) atoms. The van der Waals surface area contributed by atoms with Crippen molar-refractivity contribution in [2.75, 3.05) is 24.8 Å². The maximum Gasteiger partial charge on any atom is 0.411 e. The lowest BCUT2D eigenvalue weighted by atomic mass is 10.1. The summed E-state index contributed by atoms with van der Waals surface area (Å²) in [6.45, 7) is -0.795. The van der Waals surface area contributed by atoms with Gasteiger partial charge in [0.05, 0.1) is 12.5 Å². The van der Waals surface area contributed by atoms with Crippen molar-refractivity contribution in [3.63, 3.8) is 0 Å². The van der Waals surface area contributed by atoms with Gasteiger partial charge in [0.15, 0.2) is 11.5 Å². The highest BCUT2D eigenvalue weighted by Gasteiger charge is 2.35. The monoisotopic (exact) mass is 450 g/mol. The van der Waals surface area contributed by atoms with E-state index in [1.165, 1.54) is 0 Å². The highest BCUT2D eigenvalue weighted by atomic mass is 19.4. The molecule has 10 heteroatoms. The average molecular weight is 450 g/mol. The Morgan fingerprint density at radius 1 is 1.09 bits per heavy atom. The molecule has 2 aliphatic heterocycles. The van der Waals surface area contributed by atoms with Crippen molar-refractivity contribution >= 4 is 17.5 Å². The van der Waals surface area contributed by atoms with Crippen molar-refractivity contribution < 1.29 is 37.0 Å². The van der Waals surface area contributed by atoms with Gasteiger partial charge in [-0.1, -0.05) is 24.3 Å². The van der Waals surface area contributed by atoms with Crippen LogP contribution in [0.5, 0.6) is 11.5 Å². The van der Waals surface area contributed by atoms with Gasteiger partial charge in [0, 0.05) is 31.3 Å². The fraction of sp³-hybridized carbons (Fsp3) is 0.364. The van der Waals surface area contributed by atoms with E-state index >= 15 is 0 Å². The minimum Gasteiger partial charge on any atom is -0.454 e. The summed E-state index contributed by atoms with van der Waals surface area (Å²) in [5.41, 5.74) is 2.04. The number of nitrogens with zero attached hydrogens (tertiary/aromatic N) is 1. The number of hydrogen-bond donors (Lipinski definition) is 1. The summed E-state index contributed by atoms with van der Waals surface area (Å²) in [6.07, 6.45) is -4.25. The van der Waals surface area contributed by atoms with E-state index < -0.39 is 18.7 Å². The highest BCUT2D eigenvalue weighted by Crippen LogP contribution is 2.37. The van der Waals surface area contributed by atoms with Crippen LogP contribution in [0.4, 0.5) is 18.9 Å². The van der Waals surface area contributed by atoms with Gasteiger partial charge in [-0.05, 0) is 23.3 Å². The molecule has 2 aliphatic rings. The summed E-state index contributed by atoms with van der Waals surface area (Å²) in [5, 5.41) is 2.82. The van der Waals surface area contributed by atoms with Crippen LogP contribution in [0.3, 0.4) is 0 Å². The third-order valence-corrected chi connectivity index (χ3v) is 5.19. The molecule has 2 aromatic carbocycles. The molecule has 0 aromatic heterocycles. The molecule has 1 saturated heterocycles. The Balaban J connectivity index is 1.27. The van der Waals surface area contributed by atoms with Crippen LogP contribution in [0, 0.1) is 5.92 Å². The molecule has 0 aliphatic carbocycles. The molecule has 4 rings (SSSR count). The van der Waals surface area contributed by atoms with Gasteiger partial charge >= 0.3 is 6.18 Å². The van der Waals surface area contributed by atoms with Crippen LogP contribution in [0.2, 0.25) is 0 Å². The topological polar surface area (TPSA) is 77.1 Å². The molecule has 0 bridgehead atoms. The molecule has 2 heterocycles. The number of anilines is 1. The lowest BCUT2D eigenvalue weighted by molar-refractivity contribution is -0.176. The molecule has 0 spiro atoms. The van der Waals surface area contributed by atoms with Crippen molar-refractivity contribution in [2.45, 2.75) is 25.7 Å². The number of amides is 2. The highest BCUT2D eigenvalue weighted by molar-refractivity contribution is 6.00. The molecular formula is C22H21F3N2O5. The molecule has 0 unspecified atom stereocenters. The van der Waals surface area contributed by atoms with Crippen molar-refractivity contribution in [2.24, 2.45) is 5.92 Å². The first kappa shape index (κ1) is 21.9. The van der Waals surface area contributed by atoms with Gasteiger partial charge in [-0.25, -0.2) is 0 Å². The zero-order valence-electron chi connectivity index (χ0n) is 17.0. The van der Waals surface area contributed by atoms with E-state index in [-0.39, 0.29) is 44.7 Å². The lowest BCUT2D eigenvalue weighted by Crippen LogP contribution is -2.32. The number of halogens is 3. The van der Waals surface area contributed by atoms with E-state index in [9.17, 15) is 22.8 Å². The van der Waals surface area contributed by atoms with E-state index in [2.05, 4.69) is 10.1 Å². The molecule has 2 amide bonds. The van der Waals surface area contributed by atoms with Crippen LogP contribution in [0.1, 0.15) is 17.5 Å². The molecule has 0 saturated carbocycles. The summed E-state index contributed by atoms with van der Waals surface area (Å²) in [4.78, 5) is 26.6. The average Bonchev–Trinajstić information content (AvgIpc) is 3.38. The summed E-state index contributed by atoms with van der Waals surface area (Å²) < 4.78 is 51.6. The number of benzene rings is 2. The Hall–Kier alpha value is -3.27. The first-order valence-electron chi connectivity index (χ1n) is 9.98. The Bertz CT molecular complexity index is 994. The number of alkyl halides is 3. The second-order valence-electron chi connectivity index (χ2n) is 7.59. The first-order valence-corrected chi connectivity index (χ1v) is 9.98. The molecule has 2 aromatic rings. The largest absolute Gasteiger partial charge is 0.454 e. The molecule has 1 fully saturated rings. The van der Waals surface area contributed by atoms with Gasteiger partial charge in [0.1, 0.15) is 6.61 Å². The molecule has 7 nitrogen and oxygen atoms in total. The van der Waals surface area contributed by atoms with E-state index in [1.54, 1.807) is 47.4 Å². The van der Waals surface area contributed by atoms with Crippen molar-refractivity contribution in [1.82, 2.24) is 5.32 Å². The number of fused-ring (bicyclic) bond motifs is 1. The second-order valence-corrected chi connectivity index (χ2v) is 7.59. The van der Waals surface area contributed by atoms with E-state index in [1.807, 2.05) is 0 Å². The zero-order valence-corrected chi connectivity index (χ0v) is 17.0. The fourth-order valence-electron chi connectivity index (χ4n) is 3.56. The summed E-state index contributed by atoms with van der Waals surface area (Å²) in [7, 11) is 0. The Morgan fingerprint density at radius 2 is 1.81 bits per heavy atom. The van der Waals surface area contributed by atoms with Crippen molar-refractivity contribution in [3.05, 3.63) is 53.6 Å². The molecular weight excluding hydrogens is 429 g/mol. The van der Waals surface area contributed by atoms with Crippen LogP contribution in [0.25, 0.3) is 0 Å². The van der Waals surface area contributed by atoms with Gasteiger partial charge in [-0.15, -0.1) is 0 Å². The van der Waals surface area contributed by atoms with Gasteiger partial charge < -0.3 is 24.4 Å². The fourth-order valence-corrected chi connectivity index (χ4v) is 3.56. The SMILES string of the molecule is O=C(NCc1ccc(COCC(F)(F)F)cc1)[C@@H]1CC(=O)N(c2ccc3c(c2)OCO3)C1. The molecule has 0 radical (unpaired) electrons. The third kappa shape index (κ3) is 5.31. The molecule has 1 N–H and O–H groups in total. The lowest BCUT2D eigenvalue weighted by Gasteiger charge is -2.17. The normalized spacial score (nSPS) is 17.7. The summed E-state index contributed by atoms with van der Waals surface area (Å²) in [6, 6.07) is 11.9. The van der Waals surface area contributed by atoms with E-state index in [0.29, 0.717) is 22.7 Å². The van der Waals surface area contributed by atoms with E-state index in [0.717, 1.165) is 5.56 Å². The van der Waals surface area contributed by atoms with Crippen LogP contribution < -0.4 is 19.7 Å². The maximum absolute atomic E-state index is 12.6. The Kier molecular flexibility index (Phi) is 6.22. The third-order valence-electron chi connectivity index (χ3n) is 5.19. The van der Waals surface area contributed by atoms with Crippen LogP contribution in [-0.2, 0) is 27.5 Å². The maximum atomic E-state index is 12.6. The predicted molar refractivity (Wildman–Crippen MR) is 107 cm³/mol. The number of carbonyl (C=O) groups excluding carboxylic acids is 2. The van der Waals surface area contributed by atoms with Gasteiger partial charge in [-0.2, -0.15) is 13.2 Å². The van der Waals surface area contributed by atoms with Crippen molar-refractivity contribution in [1.29, 1.82) is 0 Å². The quantitative estimate of drug-likeness (QED) is 0.701. The van der Waals surface area contributed by atoms with Crippen LogP contribution in [0.15, 0.2) is 42.5 Å². The minimum absolute atomic E-state index is 0.107. The van der Waals surface area contributed by atoms with Gasteiger partial charge in [0.2, 0.25) is 18.6 Å². The van der Waals surface area contributed by atoms with E-state index in [4.69, 9.17) is 9.47 Å². The summed E-state index contributed by atoms with van der Waals surface area (Å²) >= 11 is 0. The number of carbonyl (C=O) groups is 2. The second kappa shape index (κ2) is 9.07. The first-order chi connectivity index (χ1) is 15.3. The number of nitrogens with one attached hydrogen (secondary N) is 1. The minimum atomic E-state index is -4.36. The Labute approximate surface area is 182 Å². The van der Waals surface area contributed by atoms with Crippen molar-refractivity contribution in [3.8, 4) is 11.5 Å². The number of hydrogen-bond acceptors (Lipinski definition) is 5. The molecule has 170 valence electrons. The van der Waals surface area contributed by atoms with Gasteiger partial charge in [-0.3, -0.25) is 9.59 Å². The number of ether oxygens (including phenoxy) is 3. The predicted octanol–water partition coefficient (Wildman–Crippen LogP) is 3.16. The van der Waals surface area contributed by atoms with Crippen LogP contribution in [-0.4, -0.2) is 37.9 Å². The zero-order chi connectivity index (χ0) is 22.7.